The van der Waals surface area contributed by atoms with Gasteiger partial charge in [0.05, 0.1) is 5.60 Å². The van der Waals surface area contributed by atoms with Crippen molar-refractivity contribution < 1.29 is 9.50 Å². The zero-order valence-corrected chi connectivity index (χ0v) is 12.7. The molecule has 1 aliphatic rings. The van der Waals surface area contributed by atoms with Crippen molar-refractivity contribution in [2.24, 2.45) is 5.92 Å². The molecule has 1 fully saturated rings. The molecule has 0 aromatic heterocycles. The van der Waals surface area contributed by atoms with Gasteiger partial charge >= 0.3 is 0 Å². The minimum absolute atomic E-state index is 0.323. The van der Waals surface area contributed by atoms with Gasteiger partial charge in [-0.05, 0) is 55.4 Å². The molecule has 1 saturated carbocycles. The largest absolute Gasteiger partial charge is 0.389 e. The van der Waals surface area contributed by atoms with Crippen molar-refractivity contribution in [2.45, 2.75) is 51.2 Å². The van der Waals surface area contributed by atoms with Gasteiger partial charge in [0.1, 0.15) is 5.82 Å². The molecule has 0 unspecified atom stereocenters. The Balaban J connectivity index is 1.80. The highest BCUT2D eigenvalue weighted by molar-refractivity contribution is 6.30. The molecule has 1 aromatic rings. The number of nitrogens with one attached hydrogen (secondary N) is 1. The van der Waals surface area contributed by atoms with Crippen LogP contribution in [0.4, 0.5) is 4.39 Å². The Kier molecular flexibility index (Phi) is 5.42. The molecule has 0 heterocycles. The van der Waals surface area contributed by atoms with Crippen LogP contribution in [0.25, 0.3) is 0 Å². The minimum atomic E-state index is -0.608. The Morgan fingerprint density at radius 3 is 2.65 bits per heavy atom. The van der Waals surface area contributed by atoms with Crippen molar-refractivity contribution in [3.8, 4) is 0 Å². The summed E-state index contributed by atoms with van der Waals surface area (Å²) in [5, 5.41) is 14.1. The summed E-state index contributed by atoms with van der Waals surface area (Å²) in [7, 11) is 0. The third kappa shape index (κ3) is 4.44. The summed E-state index contributed by atoms with van der Waals surface area (Å²) in [6.45, 7) is 3.29. The van der Waals surface area contributed by atoms with E-state index in [0.29, 0.717) is 18.1 Å². The van der Waals surface area contributed by atoms with E-state index in [1.807, 2.05) is 0 Å². The number of halogens is 2. The Hall–Kier alpha value is -0.640. The van der Waals surface area contributed by atoms with Crippen molar-refractivity contribution in [1.29, 1.82) is 0 Å². The van der Waals surface area contributed by atoms with Crippen LogP contribution in [0.1, 0.15) is 44.6 Å². The Morgan fingerprint density at radius 2 is 2.05 bits per heavy atom. The summed E-state index contributed by atoms with van der Waals surface area (Å²) >= 11 is 5.82. The van der Waals surface area contributed by atoms with E-state index in [1.54, 1.807) is 6.07 Å². The van der Waals surface area contributed by atoms with Crippen molar-refractivity contribution in [3.63, 3.8) is 0 Å². The lowest BCUT2D eigenvalue weighted by Gasteiger charge is -2.36. The van der Waals surface area contributed by atoms with Crippen LogP contribution in [0.2, 0.25) is 5.02 Å². The topological polar surface area (TPSA) is 32.3 Å². The number of rotatable bonds is 5. The van der Waals surface area contributed by atoms with Gasteiger partial charge in [-0.2, -0.15) is 0 Å². The molecule has 2 rings (SSSR count). The van der Waals surface area contributed by atoms with Crippen molar-refractivity contribution in [1.82, 2.24) is 5.32 Å². The molecular formula is C16H23ClFNO. The molecule has 0 atom stereocenters. The summed E-state index contributed by atoms with van der Waals surface area (Å²) in [5.74, 6) is 0.439. The van der Waals surface area contributed by atoms with Crippen LogP contribution in [-0.2, 0) is 6.54 Å². The van der Waals surface area contributed by atoms with Crippen LogP contribution in [-0.4, -0.2) is 17.3 Å². The first-order chi connectivity index (χ1) is 9.50. The van der Waals surface area contributed by atoms with Crippen LogP contribution >= 0.6 is 11.6 Å². The summed E-state index contributed by atoms with van der Waals surface area (Å²) in [6.07, 6.45) is 5.09. The maximum atomic E-state index is 13.2. The molecular weight excluding hydrogens is 277 g/mol. The fourth-order valence-electron chi connectivity index (χ4n) is 2.95. The SMILES string of the molecule is CCC1CCC(O)(CNCc2cc(F)cc(Cl)c2)CC1. The Morgan fingerprint density at radius 1 is 1.35 bits per heavy atom. The fraction of sp³-hybridized carbons (Fsp3) is 0.625. The monoisotopic (exact) mass is 299 g/mol. The van der Waals surface area contributed by atoms with Gasteiger partial charge in [-0.25, -0.2) is 4.39 Å². The molecule has 1 aliphatic carbocycles. The molecule has 2 N–H and O–H groups in total. The molecule has 4 heteroatoms. The third-order valence-electron chi connectivity index (χ3n) is 4.32. The van der Waals surface area contributed by atoms with E-state index in [2.05, 4.69) is 12.2 Å². The maximum absolute atomic E-state index is 13.2. The van der Waals surface area contributed by atoms with Crippen LogP contribution in [0.3, 0.4) is 0 Å². The lowest BCUT2D eigenvalue weighted by Crippen LogP contribution is -2.43. The van der Waals surface area contributed by atoms with E-state index < -0.39 is 5.60 Å². The highest BCUT2D eigenvalue weighted by Gasteiger charge is 2.31. The van der Waals surface area contributed by atoms with E-state index in [4.69, 9.17) is 11.6 Å². The van der Waals surface area contributed by atoms with E-state index in [0.717, 1.165) is 37.2 Å². The molecule has 0 spiro atoms. The van der Waals surface area contributed by atoms with Crippen LogP contribution < -0.4 is 5.32 Å². The molecule has 112 valence electrons. The zero-order valence-electron chi connectivity index (χ0n) is 12.0. The second-order valence-corrected chi connectivity index (χ2v) is 6.39. The van der Waals surface area contributed by atoms with Crippen molar-refractivity contribution >= 4 is 11.6 Å². The van der Waals surface area contributed by atoms with Gasteiger partial charge in [-0.15, -0.1) is 0 Å². The van der Waals surface area contributed by atoms with Crippen LogP contribution in [0.5, 0.6) is 0 Å². The lowest BCUT2D eigenvalue weighted by molar-refractivity contribution is -0.00881. The number of aliphatic hydroxyl groups is 1. The zero-order chi connectivity index (χ0) is 14.6. The third-order valence-corrected chi connectivity index (χ3v) is 4.54. The molecule has 0 amide bonds. The minimum Gasteiger partial charge on any atom is -0.389 e. The fourth-order valence-corrected chi connectivity index (χ4v) is 3.20. The van der Waals surface area contributed by atoms with Gasteiger partial charge in [-0.3, -0.25) is 0 Å². The molecule has 2 nitrogen and oxygen atoms in total. The highest BCUT2D eigenvalue weighted by atomic mass is 35.5. The summed E-state index contributed by atoms with van der Waals surface area (Å²) in [6, 6.07) is 4.51. The molecule has 0 aliphatic heterocycles. The number of hydrogen-bond acceptors (Lipinski definition) is 2. The van der Waals surface area contributed by atoms with Crippen LogP contribution in [0.15, 0.2) is 18.2 Å². The Labute approximate surface area is 125 Å². The second kappa shape index (κ2) is 6.88. The van der Waals surface area contributed by atoms with E-state index >= 15 is 0 Å². The molecule has 20 heavy (non-hydrogen) atoms. The molecule has 1 aromatic carbocycles. The summed E-state index contributed by atoms with van der Waals surface area (Å²) in [4.78, 5) is 0. The van der Waals surface area contributed by atoms with Crippen LogP contribution in [0, 0.1) is 11.7 Å². The van der Waals surface area contributed by atoms with Gasteiger partial charge in [0.15, 0.2) is 0 Å². The van der Waals surface area contributed by atoms with Gasteiger partial charge < -0.3 is 10.4 Å². The lowest BCUT2D eigenvalue weighted by atomic mass is 9.78. The molecule has 0 saturated heterocycles. The molecule has 0 bridgehead atoms. The van der Waals surface area contributed by atoms with E-state index in [1.165, 1.54) is 18.6 Å². The van der Waals surface area contributed by atoms with Gasteiger partial charge in [0.25, 0.3) is 0 Å². The molecule has 0 radical (unpaired) electrons. The van der Waals surface area contributed by atoms with Crippen molar-refractivity contribution in [3.05, 3.63) is 34.6 Å². The summed E-state index contributed by atoms with van der Waals surface area (Å²) < 4.78 is 13.2. The normalized spacial score (nSPS) is 26.7. The average molecular weight is 300 g/mol. The smallest absolute Gasteiger partial charge is 0.125 e. The van der Waals surface area contributed by atoms with E-state index in [9.17, 15) is 9.50 Å². The predicted octanol–water partition coefficient (Wildman–Crippen LogP) is 3.90. The predicted molar refractivity (Wildman–Crippen MR) is 80.3 cm³/mol. The van der Waals surface area contributed by atoms with Gasteiger partial charge in [-0.1, -0.05) is 24.9 Å². The standard InChI is InChI=1S/C16H23ClFNO/c1-2-12-3-5-16(20,6-4-12)11-19-10-13-7-14(17)9-15(18)8-13/h7-9,12,19-20H,2-6,10-11H2,1H3. The first-order valence-corrected chi connectivity index (χ1v) is 7.76. The second-order valence-electron chi connectivity index (χ2n) is 5.96. The maximum Gasteiger partial charge on any atom is 0.125 e. The number of benzene rings is 1. The van der Waals surface area contributed by atoms with Crippen molar-refractivity contribution in [2.75, 3.05) is 6.54 Å². The highest BCUT2D eigenvalue weighted by Crippen LogP contribution is 2.33. The first kappa shape index (κ1) is 15.7. The van der Waals surface area contributed by atoms with E-state index in [-0.39, 0.29) is 5.82 Å². The first-order valence-electron chi connectivity index (χ1n) is 7.39. The Bertz CT molecular complexity index is 424. The summed E-state index contributed by atoms with van der Waals surface area (Å²) in [5.41, 5.74) is 0.198. The average Bonchev–Trinajstić information content (AvgIpc) is 2.38. The quantitative estimate of drug-likeness (QED) is 0.864. The number of hydrogen-bond donors (Lipinski definition) is 2. The van der Waals surface area contributed by atoms with Gasteiger partial charge in [0.2, 0.25) is 0 Å². The van der Waals surface area contributed by atoms with Gasteiger partial charge in [0, 0.05) is 18.1 Å².